The summed E-state index contributed by atoms with van der Waals surface area (Å²) in [6.07, 6.45) is 0. The van der Waals surface area contributed by atoms with Crippen LogP contribution in [0.5, 0.6) is 5.75 Å². The summed E-state index contributed by atoms with van der Waals surface area (Å²) < 4.78 is 37.3. The van der Waals surface area contributed by atoms with Gasteiger partial charge >= 0.3 is 0 Å². The molecule has 0 unspecified atom stereocenters. The second-order valence-electron chi connectivity index (χ2n) is 4.55. The van der Waals surface area contributed by atoms with E-state index in [0.717, 1.165) is 5.56 Å². The van der Waals surface area contributed by atoms with Crippen molar-refractivity contribution in [3.8, 4) is 5.75 Å². The number of nitrogen functional groups attached to an aromatic ring is 1. The molecule has 7 heteroatoms. The molecular formula is C14H24N2O4S. The Morgan fingerprint density at radius 1 is 1.29 bits per heavy atom. The van der Waals surface area contributed by atoms with Crippen LogP contribution in [0.2, 0.25) is 0 Å². The molecule has 0 fully saturated rings. The van der Waals surface area contributed by atoms with Gasteiger partial charge in [-0.15, -0.1) is 0 Å². The fraction of sp³-hybridized carbons (Fsp3) is 0.571. The van der Waals surface area contributed by atoms with Crippen LogP contribution in [0, 0.1) is 6.92 Å². The third-order valence-corrected chi connectivity index (χ3v) is 5.21. The van der Waals surface area contributed by atoms with Crippen molar-refractivity contribution in [2.45, 2.75) is 25.7 Å². The predicted molar refractivity (Wildman–Crippen MR) is 83.1 cm³/mol. The first kappa shape index (κ1) is 17.7. The highest BCUT2D eigenvalue weighted by Crippen LogP contribution is 2.31. The van der Waals surface area contributed by atoms with E-state index in [1.54, 1.807) is 19.9 Å². The van der Waals surface area contributed by atoms with Gasteiger partial charge in [0, 0.05) is 25.4 Å². The minimum absolute atomic E-state index is 0.0893. The summed E-state index contributed by atoms with van der Waals surface area (Å²) in [5.74, 6) is 0.302. The Balaban J connectivity index is 3.19. The Labute approximate surface area is 126 Å². The number of likely N-dealkylation sites (N-methyl/N-ethyl adjacent to an activating group) is 1. The Kier molecular flexibility index (Phi) is 6.44. The number of ether oxygens (including phenoxy) is 2. The minimum Gasteiger partial charge on any atom is -0.495 e. The summed E-state index contributed by atoms with van der Waals surface area (Å²) >= 11 is 0. The summed E-state index contributed by atoms with van der Waals surface area (Å²) in [6, 6.07) is 3.09. The number of rotatable bonds is 8. The lowest BCUT2D eigenvalue weighted by molar-refractivity contribution is 0.135. The molecule has 0 radical (unpaired) electrons. The van der Waals surface area contributed by atoms with Crippen LogP contribution in [-0.4, -0.2) is 46.1 Å². The number of nitrogens with zero attached hydrogens (tertiary/aromatic N) is 1. The zero-order chi connectivity index (χ0) is 16.0. The van der Waals surface area contributed by atoms with E-state index >= 15 is 0 Å². The van der Waals surface area contributed by atoms with Gasteiger partial charge in [0.05, 0.1) is 13.7 Å². The van der Waals surface area contributed by atoms with E-state index in [1.807, 2.05) is 6.92 Å². The van der Waals surface area contributed by atoms with Gasteiger partial charge in [-0.1, -0.05) is 6.92 Å². The third-order valence-electron chi connectivity index (χ3n) is 3.21. The number of benzene rings is 1. The summed E-state index contributed by atoms with van der Waals surface area (Å²) in [5.41, 5.74) is 7.05. The van der Waals surface area contributed by atoms with Crippen LogP contribution in [0.3, 0.4) is 0 Å². The molecule has 0 aliphatic heterocycles. The molecule has 0 aliphatic rings. The summed E-state index contributed by atoms with van der Waals surface area (Å²) in [7, 11) is -2.22. The average molecular weight is 316 g/mol. The molecular weight excluding hydrogens is 292 g/mol. The Hall–Kier alpha value is -1.31. The predicted octanol–water partition coefficient (Wildman–Crippen LogP) is 1.63. The molecule has 1 rings (SSSR count). The summed E-state index contributed by atoms with van der Waals surface area (Å²) in [6.45, 7) is 7.02. The topological polar surface area (TPSA) is 81.9 Å². The first-order chi connectivity index (χ1) is 9.88. The fourth-order valence-corrected chi connectivity index (χ4v) is 3.54. The van der Waals surface area contributed by atoms with Crippen LogP contribution in [0.1, 0.15) is 19.4 Å². The molecule has 0 spiro atoms. The number of methoxy groups -OCH3 is 1. The van der Waals surface area contributed by atoms with Gasteiger partial charge in [-0.25, -0.2) is 8.42 Å². The first-order valence-electron chi connectivity index (χ1n) is 6.90. The van der Waals surface area contributed by atoms with Gasteiger partial charge in [-0.05, 0) is 31.5 Å². The van der Waals surface area contributed by atoms with Crippen molar-refractivity contribution in [1.82, 2.24) is 4.31 Å². The molecule has 0 bridgehead atoms. The van der Waals surface area contributed by atoms with Crippen molar-refractivity contribution in [2.24, 2.45) is 0 Å². The first-order valence-corrected chi connectivity index (χ1v) is 8.34. The van der Waals surface area contributed by atoms with Crippen LogP contribution < -0.4 is 10.5 Å². The van der Waals surface area contributed by atoms with Gasteiger partial charge in [0.1, 0.15) is 10.6 Å². The zero-order valence-electron chi connectivity index (χ0n) is 13.0. The molecule has 0 aromatic heterocycles. The van der Waals surface area contributed by atoms with Crippen LogP contribution in [-0.2, 0) is 14.8 Å². The molecule has 0 heterocycles. The van der Waals surface area contributed by atoms with Gasteiger partial charge in [0.15, 0.2) is 0 Å². The maximum atomic E-state index is 12.7. The van der Waals surface area contributed by atoms with E-state index in [9.17, 15) is 8.42 Å². The van der Waals surface area contributed by atoms with Crippen molar-refractivity contribution in [3.05, 3.63) is 17.7 Å². The quantitative estimate of drug-likeness (QED) is 0.582. The standard InChI is InChI=1S/C14H24N2O4S/c1-5-16(7-8-20-6-2)21(17,18)14-10-12(15)11(3)9-13(14)19-4/h9-10H,5-8,15H2,1-4H3. The molecule has 0 amide bonds. The molecule has 0 atom stereocenters. The van der Waals surface area contributed by atoms with E-state index in [4.69, 9.17) is 15.2 Å². The summed E-state index contributed by atoms with van der Waals surface area (Å²) in [4.78, 5) is 0.0893. The van der Waals surface area contributed by atoms with Crippen molar-refractivity contribution >= 4 is 15.7 Å². The minimum atomic E-state index is -3.67. The maximum Gasteiger partial charge on any atom is 0.246 e. The fourth-order valence-electron chi connectivity index (χ4n) is 1.94. The van der Waals surface area contributed by atoms with Crippen molar-refractivity contribution in [1.29, 1.82) is 0 Å². The number of sulfonamides is 1. The van der Waals surface area contributed by atoms with Gasteiger partial charge in [-0.3, -0.25) is 0 Å². The van der Waals surface area contributed by atoms with Crippen molar-refractivity contribution < 1.29 is 17.9 Å². The molecule has 2 N–H and O–H groups in total. The molecule has 1 aromatic rings. The normalized spacial score (nSPS) is 11.9. The van der Waals surface area contributed by atoms with Gasteiger partial charge in [0.2, 0.25) is 10.0 Å². The second kappa shape index (κ2) is 7.63. The molecule has 0 aliphatic carbocycles. The lowest BCUT2D eigenvalue weighted by Gasteiger charge is -2.22. The Morgan fingerprint density at radius 2 is 1.95 bits per heavy atom. The van der Waals surface area contributed by atoms with E-state index in [1.165, 1.54) is 17.5 Å². The lowest BCUT2D eigenvalue weighted by atomic mass is 10.2. The van der Waals surface area contributed by atoms with Crippen LogP contribution >= 0.6 is 0 Å². The number of nitrogens with two attached hydrogens (primary N) is 1. The van der Waals surface area contributed by atoms with E-state index in [2.05, 4.69) is 0 Å². The summed E-state index contributed by atoms with van der Waals surface area (Å²) in [5, 5.41) is 0. The second-order valence-corrected chi connectivity index (χ2v) is 6.46. The smallest absolute Gasteiger partial charge is 0.246 e. The van der Waals surface area contributed by atoms with E-state index in [-0.39, 0.29) is 4.90 Å². The van der Waals surface area contributed by atoms with Gasteiger partial charge < -0.3 is 15.2 Å². The largest absolute Gasteiger partial charge is 0.495 e. The molecule has 6 nitrogen and oxygen atoms in total. The highest BCUT2D eigenvalue weighted by Gasteiger charge is 2.27. The van der Waals surface area contributed by atoms with Crippen LogP contribution in [0.15, 0.2) is 17.0 Å². The molecule has 1 aromatic carbocycles. The molecule has 0 saturated carbocycles. The molecule has 0 saturated heterocycles. The number of aryl methyl sites for hydroxylation is 1. The van der Waals surface area contributed by atoms with E-state index in [0.29, 0.717) is 37.7 Å². The zero-order valence-corrected chi connectivity index (χ0v) is 13.9. The average Bonchev–Trinajstić information content (AvgIpc) is 2.45. The maximum absolute atomic E-state index is 12.7. The van der Waals surface area contributed by atoms with Crippen LogP contribution in [0.4, 0.5) is 5.69 Å². The van der Waals surface area contributed by atoms with Crippen LogP contribution in [0.25, 0.3) is 0 Å². The highest BCUT2D eigenvalue weighted by molar-refractivity contribution is 7.89. The SMILES string of the molecule is CCOCCN(CC)S(=O)(=O)c1cc(N)c(C)cc1OC. The van der Waals surface area contributed by atoms with Crippen molar-refractivity contribution in [2.75, 3.05) is 39.1 Å². The highest BCUT2D eigenvalue weighted by atomic mass is 32.2. The number of hydrogen-bond donors (Lipinski definition) is 1. The van der Waals surface area contributed by atoms with Gasteiger partial charge in [0.25, 0.3) is 0 Å². The Bertz CT molecular complexity index is 573. The number of anilines is 1. The van der Waals surface area contributed by atoms with Gasteiger partial charge in [-0.2, -0.15) is 4.31 Å². The molecule has 120 valence electrons. The number of hydrogen-bond acceptors (Lipinski definition) is 5. The monoisotopic (exact) mass is 316 g/mol. The Morgan fingerprint density at radius 3 is 2.48 bits per heavy atom. The lowest BCUT2D eigenvalue weighted by Crippen LogP contribution is -2.34. The van der Waals surface area contributed by atoms with Crippen molar-refractivity contribution in [3.63, 3.8) is 0 Å². The molecule has 21 heavy (non-hydrogen) atoms. The third kappa shape index (κ3) is 4.09. The van der Waals surface area contributed by atoms with E-state index < -0.39 is 10.0 Å².